The van der Waals surface area contributed by atoms with Crippen LogP contribution < -0.4 is 0 Å². The Labute approximate surface area is 137 Å². The molecule has 0 aliphatic carbocycles. The molecule has 1 rings (SSSR count). The Bertz CT molecular complexity index is 525. The number of ether oxygens (including phenoxy) is 1. The van der Waals surface area contributed by atoms with Gasteiger partial charge in [0.05, 0.1) is 6.04 Å². The zero-order valence-electron chi connectivity index (χ0n) is 14.4. The predicted molar refractivity (Wildman–Crippen MR) is 88.3 cm³/mol. The summed E-state index contributed by atoms with van der Waals surface area (Å²) in [5.41, 5.74) is 0.619. The van der Waals surface area contributed by atoms with Gasteiger partial charge in [-0.3, -0.25) is 0 Å². The molecule has 0 radical (unpaired) electrons. The lowest BCUT2D eigenvalue weighted by atomic mass is 9.85. The Morgan fingerprint density at radius 3 is 2.22 bits per heavy atom. The van der Waals surface area contributed by atoms with Crippen LogP contribution in [0.2, 0.25) is 0 Å². The number of benzene rings is 1. The first kappa shape index (κ1) is 18.8. The molecule has 2 amide bonds. The van der Waals surface area contributed by atoms with Crippen molar-refractivity contribution in [2.75, 3.05) is 20.6 Å². The highest BCUT2D eigenvalue weighted by molar-refractivity contribution is 5.68. The van der Waals surface area contributed by atoms with Crippen molar-refractivity contribution in [3.05, 3.63) is 35.9 Å². The van der Waals surface area contributed by atoms with E-state index in [2.05, 4.69) is 0 Å². The molecule has 1 atom stereocenters. The number of carboxylic acid groups (broad SMARTS) is 1. The Hall–Kier alpha value is -2.24. The second-order valence-corrected chi connectivity index (χ2v) is 6.70. The average Bonchev–Trinajstić information content (AvgIpc) is 2.49. The fraction of sp³-hybridized carbons (Fsp3) is 0.529. The largest absolute Gasteiger partial charge is 0.465 e. The lowest BCUT2D eigenvalue weighted by molar-refractivity contribution is 0.0521. The molecule has 23 heavy (non-hydrogen) atoms. The Morgan fingerprint density at radius 1 is 1.17 bits per heavy atom. The minimum absolute atomic E-state index is 0.190. The lowest BCUT2D eigenvalue weighted by Gasteiger charge is -2.39. The van der Waals surface area contributed by atoms with E-state index in [0.29, 0.717) is 0 Å². The van der Waals surface area contributed by atoms with Crippen molar-refractivity contribution in [3.63, 3.8) is 0 Å². The summed E-state index contributed by atoms with van der Waals surface area (Å²) < 4.78 is 5.33. The maximum Gasteiger partial charge on any atom is 0.410 e. The molecule has 0 fully saturated rings. The third-order valence-corrected chi connectivity index (χ3v) is 3.73. The average molecular weight is 322 g/mol. The molecule has 0 aliphatic heterocycles. The minimum Gasteiger partial charge on any atom is -0.465 e. The van der Waals surface area contributed by atoms with Gasteiger partial charge < -0.3 is 19.6 Å². The Morgan fingerprint density at radius 2 is 1.74 bits per heavy atom. The SMILES string of the molecule is CN(CC(N(C)C(=O)OCc1ccccc1)C(C)(C)C)C(=O)O. The van der Waals surface area contributed by atoms with Crippen molar-refractivity contribution in [1.82, 2.24) is 9.80 Å². The second kappa shape index (κ2) is 7.85. The number of nitrogens with zero attached hydrogens (tertiary/aromatic N) is 2. The summed E-state index contributed by atoms with van der Waals surface area (Å²) >= 11 is 0. The quantitative estimate of drug-likeness (QED) is 0.903. The Kier molecular flexibility index (Phi) is 6.42. The van der Waals surface area contributed by atoms with E-state index in [1.165, 1.54) is 16.8 Å². The molecule has 0 saturated heterocycles. The van der Waals surface area contributed by atoms with Crippen LogP contribution in [0.4, 0.5) is 9.59 Å². The van der Waals surface area contributed by atoms with Gasteiger partial charge >= 0.3 is 12.2 Å². The summed E-state index contributed by atoms with van der Waals surface area (Å²) in [7, 11) is 3.13. The van der Waals surface area contributed by atoms with E-state index in [1.807, 2.05) is 51.1 Å². The molecule has 0 aromatic heterocycles. The van der Waals surface area contributed by atoms with Gasteiger partial charge in [0.2, 0.25) is 0 Å². The van der Waals surface area contributed by atoms with Crippen LogP contribution in [-0.2, 0) is 11.3 Å². The van der Waals surface area contributed by atoms with E-state index in [0.717, 1.165) is 5.56 Å². The number of rotatable bonds is 5. The first-order valence-corrected chi connectivity index (χ1v) is 7.50. The molecule has 1 aromatic rings. The van der Waals surface area contributed by atoms with Crippen LogP contribution in [0.1, 0.15) is 26.3 Å². The Balaban J connectivity index is 2.73. The van der Waals surface area contributed by atoms with E-state index in [-0.39, 0.29) is 24.6 Å². The van der Waals surface area contributed by atoms with Crippen molar-refractivity contribution in [1.29, 1.82) is 0 Å². The van der Waals surface area contributed by atoms with E-state index in [1.54, 1.807) is 7.05 Å². The predicted octanol–water partition coefficient (Wildman–Crippen LogP) is 3.28. The number of carbonyl (C=O) groups excluding carboxylic acids is 1. The summed E-state index contributed by atoms with van der Waals surface area (Å²) in [6.45, 7) is 6.31. The molecule has 0 aliphatic rings. The zero-order chi connectivity index (χ0) is 17.6. The van der Waals surface area contributed by atoms with E-state index in [4.69, 9.17) is 9.84 Å². The van der Waals surface area contributed by atoms with Gasteiger partial charge in [-0.25, -0.2) is 9.59 Å². The van der Waals surface area contributed by atoms with Gasteiger partial charge in [0.25, 0.3) is 0 Å². The standard InChI is InChI=1S/C17H26N2O4/c1-17(2,3)14(11-18(4)15(20)21)19(5)16(22)23-12-13-9-7-6-8-10-13/h6-10,14H,11-12H2,1-5H3,(H,20,21). The first-order valence-electron chi connectivity index (χ1n) is 7.50. The zero-order valence-corrected chi connectivity index (χ0v) is 14.4. The molecular formula is C17H26N2O4. The maximum absolute atomic E-state index is 12.3. The van der Waals surface area contributed by atoms with Gasteiger partial charge in [-0.15, -0.1) is 0 Å². The monoisotopic (exact) mass is 322 g/mol. The van der Waals surface area contributed by atoms with Crippen molar-refractivity contribution < 1.29 is 19.4 Å². The van der Waals surface area contributed by atoms with Crippen LogP contribution in [0, 0.1) is 5.41 Å². The fourth-order valence-electron chi connectivity index (χ4n) is 2.26. The van der Waals surface area contributed by atoms with Crippen molar-refractivity contribution in [2.45, 2.75) is 33.4 Å². The summed E-state index contributed by atoms with van der Waals surface area (Å²) in [4.78, 5) is 26.0. The van der Waals surface area contributed by atoms with Gasteiger partial charge in [0.1, 0.15) is 6.61 Å². The molecule has 6 nitrogen and oxygen atoms in total. The van der Waals surface area contributed by atoms with Gasteiger partial charge in [0.15, 0.2) is 0 Å². The van der Waals surface area contributed by atoms with E-state index < -0.39 is 12.2 Å². The summed E-state index contributed by atoms with van der Waals surface area (Å²) in [5, 5.41) is 9.06. The molecule has 0 spiro atoms. The number of amides is 2. The van der Waals surface area contributed by atoms with Gasteiger partial charge in [-0.1, -0.05) is 51.1 Å². The van der Waals surface area contributed by atoms with Crippen molar-refractivity contribution in [2.24, 2.45) is 5.41 Å². The third kappa shape index (κ3) is 5.81. The number of likely N-dealkylation sites (N-methyl/N-ethyl adjacent to an activating group) is 2. The molecule has 6 heteroatoms. The number of hydrogen-bond donors (Lipinski definition) is 1. The molecule has 128 valence electrons. The highest BCUT2D eigenvalue weighted by Crippen LogP contribution is 2.25. The maximum atomic E-state index is 12.3. The first-order chi connectivity index (χ1) is 10.6. The van der Waals surface area contributed by atoms with Crippen LogP contribution >= 0.6 is 0 Å². The molecule has 1 N–H and O–H groups in total. The molecule has 1 aromatic carbocycles. The smallest absolute Gasteiger partial charge is 0.410 e. The van der Waals surface area contributed by atoms with E-state index in [9.17, 15) is 9.59 Å². The van der Waals surface area contributed by atoms with Crippen LogP contribution in [0.3, 0.4) is 0 Å². The van der Waals surface area contributed by atoms with Crippen LogP contribution in [-0.4, -0.2) is 53.8 Å². The molecule has 0 bridgehead atoms. The van der Waals surface area contributed by atoms with Gasteiger partial charge in [0, 0.05) is 20.6 Å². The highest BCUT2D eigenvalue weighted by Gasteiger charge is 2.33. The lowest BCUT2D eigenvalue weighted by Crippen LogP contribution is -2.51. The van der Waals surface area contributed by atoms with Crippen LogP contribution in [0.5, 0.6) is 0 Å². The van der Waals surface area contributed by atoms with Crippen LogP contribution in [0.25, 0.3) is 0 Å². The summed E-state index contributed by atoms with van der Waals surface area (Å²) in [6, 6.07) is 9.13. The second-order valence-electron chi connectivity index (χ2n) is 6.70. The molecule has 0 heterocycles. The van der Waals surface area contributed by atoms with Crippen LogP contribution in [0.15, 0.2) is 30.3 Å². The molecule has 1 unspecified atom stereocenters. The minimum atomic E-state index is -1.02. The van der Waals surface area contributed by atoms with Gasteiger partial charge in [-0.05, 0) is 11.0 Å². The normalized spacial score (nSPS) is 12.4. The fourth-order valence-corrected chi connectivity index (χ4v) is 2.26. The van der Waals surface area contributed by atoms with E-state index >= 15 is 0 Å². The van der Waals surface area contributed by atoms with Crippen molar-refractivity contribution in [3.8, 4) is 0 Å². The third-order valence-electron chi connectivity index (χ3n) is 3.73. The topological polar surface area (TPSA) is 70.1 Å². The number of carbonyl (C=O) groups is 2. The highest BCUT2D eigenvalue weighted by atomic mass is 16.6. The van der Waals surface area contributed by atoms with Gasteiger partial charge in [-0.2, -0.15) is 0 Å². The molecular weight excluding hydrogens is 296 g/mol. The summed E-state index contributed by atoms with van der Waals surface area (Å²) in [5.74, 6) is 0. The number of hydrogen-bond acceptors (Lipinski definition) is 3. The van der Waals surface area contributed by atoms with Crippen molar-refractivity contribution >= 4 is 12.2 Å². The summed E-state index contributed by atoms with van der Waals surface area (Å²) in [6.07, 6.45) is -1.49. The molecule has 0 saturated carbocycles.